The summed E-state index contributed by atoms with van der Waals surface area (Å²) in [5.74, 6) is 0.579. The molecule has 0 aliphatic carbocycles. The van der Waals surface area contributed by atoms with Gasteiger partial charge in [-0.05, 0) is 30.7 Å². The van der Waals surface area contributed by atoms with Gasteiger partial charge in [0, 0.05) is 39.3 Å². The van der Waals surface area contributed by atoms with Crippen LogP contribution in [0.1, 0.15) is 16.8 Å². The maximum Gasteiger partial charge on any atom is 0.254 e. The monoisotopic (exact) mass is 413 g/mol. The molecule has 0 spiro atoms. The molecule has 0 bridgehead atoms. The first-order chi connectivity index (χ1) is 14.6. The highest BCUT2D eigenvalue weighted by Gasteiger charge is 2.25. The molecule has 1 unspecified atom stereocenters. The maximum absolute atomic E-state index is 13.6. The van der Waals surface area contributed by atoms with Crippen LogP contribution in [0.3, 0.4) is 0 Å². The molecule has 2 aromatic rings. The Kier molecular flexibility index (Phi) is 7.48. The Morgan fingerprint density at radius 1 is 1.17 bits per heavy atom. The van der Waals surface area contributed by atoms with Crippen LogP contribution in [-0.2, 0) is 0 Å². The molecule has 0 aromatic heterocycles. The summed E-state index contributed by atoms with van der Waals surface area (Å²) in [6.07, 6.45) is 0.975. The maximum atomic E-state index is 13.6. The van der Waals surface area contributed by atoms with Crippen molar-refractivity contribution in [3.63, 3.8) is 0 Å². The number of para-hydroxylation sites is 2. The number of aliphatic imine (C=N–C) groups is 1. The number of hydrogen-bond acceptors (Lipinski definition) is 4. The van der Waals surface area contributed by atoms with E-state index in [0.29, 0.717) is 19.0 Å². The predicted molar refractivity (Wildman–Crippen MR) is 117 cm³/mol. The Labute approximate surface area is 176 Å². The third-order valence-electron chi connectivity index (χ3n) is 5.00. The highest BCUT2D eigenvalue weighted by Crippen LogP contribution is 2.30. The number of anilines is 1. The average molecular weight is 413 g/mol. The van der Waals surface area contributed by atoms with Crippen molar-refractivity contribution in [2.75, 3.05) is 45.2 Å². The van der Waals surface area contributed by atoms with Gasteiger partial charge in [-0.15, -0.1) is 0 Å². The van der Waals surface area contributed by atoms with Crippen LogP contribution in [0.4, 0.5) is 10.1 Å². The Bertz CT molecular complexity index is 889. The molecule has 30 heavy (non-hydrogen) atoms. The lowest BCUT2D eigenvalue weighted by Gasteiger charge is -2.22. The van der Waals surface area contributed by atoms with Crippen molar-refractivity contribution < 1.29 is 13.9 Å². The molecule has 1 aliphatic heterocycles. The largest absolute Gasteiger partial charge is 0.495 e. The van der Waals surface area contributed by atoms with Crippen LogP contribution >= 0.6 is 0 Å². The molecular formula is C22H28FN5O2. The molecule has 8 heteroatoms. The van der Waals surface area contributed by atoms with E-state index in [0.717, 1.165) is 30.9 Å². The lowest BCUT2D eigenvalue weighted by molar-refractivity contribution is 0.0950. The van der Waals surface area contributed by atoms with Crippen molar-refractivity contribution in [2.24, 2.45) is 4.99 Å². The third kappa shape index (κ3) is 5.40. The summed E-state index contributed by atoms with van der Waals surface area (Å²) < 4.78 is 19.1. The second kappa shape index (κ2) is 10.5. The summed E-state index contributed by atoms with van der Waals surface area (Å²) in [6, 6.07) is 14.2. The van der Waals surface area contributed by atoms with Gasteiger partial charge in [-0.25, -0.2) is 4.39 Å². The van der Waals surface area contributed by atoms with Crippen molar-refractivity contribution in [1.29, 1.82) is 0 Å². The van der Waals surface area contributed by atoms with Crippen molar-refractivity contribution in [1.82, 2.24) is 16.0 Å². The van der Waals surface area contributed by atoms with Crippen molar-refractivity contribution in [2.45, 2.75) is 12.5 Å². The second-order valence-electron chi connectivity index (χ2n) is 6.98. The molecule has 0 saturated carbocycles. The fourth-order valence-electron chi connectivity index (χ4n) is 3.47. The molecule has 1 heterocycles. The molecular weight excluding hydrogens is 385 g/mol. The molecule has 1 atom stereocenters. The van der Waals surface area contributed by atoms with E-state index in [1.165, 1.54) is 12.1 Å². The fraction of sp³-hybridized carbons (Fsp3) is 0.364. The summed E-state index contributed by atoms with van der Waals surface area (Å²) in [7, 11) is 3.39. The van der Waals surface area contributed by atoms with Gasteiger partial charge in [-0.3, -0.25) is 9.79 Å². The summed E-state index contributed by atoms with van der Waals surface area (Å²) in [6.45, 7) is 2.59. The molecule has 7 nitrogen and oxygen atoms in total. The molecule has 1 amide bonds. The minimum atomic E-state index is -0.527. The number of benzene rings is 2. The molecule has 1 saturated heterocycles. The predicted octanol–water partition coefficient (Wildman–Crippen LogP) is 2.01. The molecule has 1 aliphatic rings. The molecule has 160 valence electrons. The van der Waals surface area contributed by atoms with Gasteiger partial charge in [0.25, 0.3) is 5.91 Å². The highest BCUT2D eigenvalue weighted by molar-refractivity contribution is 5.94. The third-order valence-corrected chi connectivity index (χ3v) is 5.00. The van der Waals surface area contributed by atoms with E-state index >= 15 is 0 Å². The number of ether oxygens (including phenoxy) is 1. The SMILES string of the molecule is CN=C(NCCNC(=O)c1ccccc1F)NC1CCN(c2ccccc2OC)C1. The zero-order valence-corrected chi connectivity index (χ0v) is 17.3. The van der Waals surface area contributed by atoms with E-state index in [9.17, 15) is 9.18 Å². The lowest BCUT2D eigenvalue weighted by atomic mass is 10.2. The zero-order chi connectivity index (χ0) is 21.3. The number of nitrogens with zero attached hydrogens (tertiary/aromatic N) is 2. The summed E-state index contributed by atoms with van der Waals surface area (Å²) >= 11 is 0. The van der Waals surface area contributed by atoms with Gasteiger partial charge < -0.3 is 25.6 Å². The highest BCUT2D eigenvalue weighted by atomic mass is 19.1. The number of carbonyl (C=O) groups is 1. The zero-order valence-electron chi connectivity index (χ0n) is 17.3. The Morgan fingerprint density at radius 2 is 1.90 bits per heavy atom. The standard InChI is InChI=1S/C22H28FN5O2/c1-24-22(26-13-12-25-21(29)17-7-3-4-8-18(17)23)27-16-11-14-28(15-16)19-9-5-6-10-20(19)30-2/h3-10,16H,11-15H2,1-2H3,(H,25,29)(H2,24,26,27). The first-order valence-electron chi connectivity index (χ1n) is 10.00. The molecule has 1 fully saturated rings. The topological polar surface area (TPSA) is 78.0 Å². The van der Waals surface area contributed by atoms with Gasteiger partial charge in [-0.2, -0.15) is 0 Å². The molecule has 0 radical (unpaired) electrons. The normalized spacial score (nSPS) is 16.3. The first kappa shape index (κ1) is 21.4. The minimum absolute atomic E-state index is 0.0439. The smallest absolute Gasteiger partial charge is 0.254 e. The number of halogens is 1. The number of amides is 1. The number of nitrogens with one attached hydrogen (secondary N) is 3. The van der Waals surface area contributed by atoms with Gasteiger partial charge in [0.15, 0.2) is 5.96 Å². The number of carbonyl (C=O) groups excluding carboxylic acids is 1. The minimum Gasteiger partial charge on any atom is -0.495 e. The van der Waals surface area contributed by atoms with E-state index in [4.69, 9.17) is 4.74 Å². The van der Waals surface area contributed by atoms with E-state index in [2.05, 4.69) is 31.9 Å². The number of hydrogen-bond donors (Lipinski definition) is 3. The van der Waals surface area contributed by atoms with Crippen LogP contribution in [0, 0.1) is 5.82 Å². The van der Waals surface area contributed by atoms with Gasteiger partial charge in [-0.1, -0.05) is 24.3 Å². The van der Waals surface area contributed by atoms with Crippen molar-refractivity contribution in [3.8, 4) is 5.75 Å². The fourth-order valence-corrected chi connectivity index (χ4v) is 3.47. The van der Waals surface area contributed by atoms with Crippen molar-refractivity contribution >= 4 is 17.6 Å². The Balaban J connectivity index is 1.43. The van der Waals surface area contributed by atoms with Gasteiger partial charge in [0.1, 0.15) is 11.6 Å². The molecule has 2 aromatic carbocycles. The summed E-state index contributed by atoms with van der Waals surface area (Å²) in [5.41, 5.74) is 1.13. The van der Waals surface area contributed by atoms with E-state index in [1.807, 2.05) is 18.2 Å². The number of guanidine groups is 1. The Hall–Kier alpha value is -3.29. The molecule has 3 rings (SSSR count). The quantitative estimate of drug-likeness (QED) is 0.368. The van der Waals surface area contributed by atoms with Crippen LogP contribution < -0.4 is 25.6 Å². The van der Waals surface area contributed by atoms with E-state index in [-0.39, 0.29) is 11.6 Å². The number of rotatable bonds is 7. The average Bonchev–Trinajstić information content (AvgIpc) is 3.24. The van der Waals surface area contributed by atoms with E-state index < -0.39 is 11.7 Å². The Morgan fingerprint density at radius 3 is 2.67 bits per heavy atom. The van der Waals surface area contributed by atoms with Crippen LogP contribution in [0.15, 0.2) is 53.5 Å². The lowest BCUT2D eigenvalue weighted by Crippen LogP contribution is -2.46. The van der Waals surface area contributed by atoms with Crippen LogP contribution in [0.25, 0.3) is 0 Å². The second-order valence-corrected chi connectivity index (χ2v) is 6.98. The van der Waals surface area contributed by atoms with Crippen LogP contribution in [0.5, 0.6) is 5.75 Å². The van der Waals surface area contributed by atoms with Gasteiger partial charge in [0.2, 0.25) is 0 Å². The summed E-state index contributed by atoms with van der Waals surface area (Å²) in [5, 5.41) is 9.31. The van der Waals surface area contributed by atoms with Gasteiger partial charge >= 0.3 is 0 Å². The van der Waals surface area contributed by atoms with Gasteiger partial charge in [0.05, 0.1) is 18.4 Å². The van der Waals surface area contributed by atoms with Crippen LogP contribution in [-0.4, -0.2) is 58.2 Å². The number of methoxy groups -OCH3 is 1. The van der Waals surface area contributed by atoms with Crippen LogP contribution in [0.2, 0.25) is 0 Å². The van der Waals surface area contributed by atoms with Crippen molar-refractivity contribution in [3.05, 3.63) is 59.9 Å². The summed E-state index contributed by atoms with van der Waals surface area (Å²) in [4.78, 5) is 18.6. The van der Waals surface area contributed by atoms with E-state index in [1.54, 1.807) is 26.3 Å². The molecule has 3 N–H and O–H groups in total. The first-order valence-corrected chi connectivity index (χ1v) is 10.00.